The zero-order chi connectivity index (χ0) is 12.5. The van der Waals surface area contributed by atoms with E-state index in [1.54, 1.807) is 0 Å². The maximum atomic E-state index is 12.8. The summed E-state index contributed by atoms with van der Waals surface area (Å²) in [5.41, 5.74) is -1.07. The Morgan fingerprint density at radius 2 is 1.44 bits per heavy atom. The first-order chi connectivity index (χ1) is 7.20. The molecular weight excluding hydrogens is 245 g/mol. The third-order valence-corrected chi connectivity index (χ3v) is 1.49. The van der Waals surface area contributed by atoms with Gasteiger partial charge in [-0.25, -0.2) is 17.6 Å². The lowest BCUT2D eigenvalue weighted by molar-refractivity contribution is -0.276. The Balaban J connectivity index is 3.13. The van der Waals surface area contributed by atoms with Crippen LogP contribution in [-0.2, 0) is 0 Å². The summed E-state index contributed by atoms with van der Waals surface area (Å²) in [5.74, 6) is -5.43. The zero-order valence-corrected chi connectivity index (χ0v) is 7.29. The lowest BCUT2D eigenvalue weighted by Crippen LogP contribution is -2.19. The molecule has 8 heteroatoms. The molecule has 0 heterocycles. The van der Waals surface area contributed by atoms with Crippen LogP contribution in [-0.4, -0.2) is 6.36 Å². The minimum absolute atomic E-state index is 0.0782. The summed E-state index contributed by atoms with van der Waals surface area (Å²) in [6.07, 6.45) is -8.49. The predicted molar refractivity (Wildman–Crippen MR) is 38.0 cm³/mol. The quantitative estimate of drug-likeness (QED) is 0.723. The molecule has 0 N–H and O–H groups in total. The van der Waals surface area contributed by atoms with Gasteiger partial charge in [-0.1, -0.05) is 0 Å². The van der Waals surface area contributed by atoms with Crippen LogP contribution in [0.3, 0.4) is 0 Å². The first-order valence-corrected chi connectivity index (χ1v) is 3.73. The van der Waals surface area contributed by atoms with Gasteiger partial charge in [0, 0.05) is 5.56 Å². The second-order valence-corrected chi connectivity index (χ2v) is 2.66. The van der Waals surface area contributed by atoms with Gasteiger partial charge in [-0.15, -0.1) is 13.2 Å². The van der Waals surface area contributed by atoms with Crippen LogP contribution in [0.5, 0.6) is 5.75 Å². The van der Waals surface area contributed by atoms with E-state index in [0.29, 0.717) is 0 Å². The van der Waals surface area contributed by atoms with E-state index < -0.39 is 35.7 Å². The van der Waals surface area contributed by atoms with Crippen LogP contribution in [0.15, 0.2) is 12.1 Å². The number of ether oxygens (including phenoxy) is 1. The average molecular weight is 248 g/mol. The topological polar surface area (TPSA) is 9.23 Å². The van der Waals surface area contributed by atoms with Gasteiger partial charge in [-0.05, 0) is 12.1 Å². The molecule has 0 bridgehead atoms. The highest BCUT2D eigenvalue weighted by molar-refractivity contribution is 5.32. The van der Waals surface area contributed by atoms with E-state index in [-0.39, 0.29) is 12.1 Å². The molecule has 0 radical (unpaired) electrons. The Labute approximate surface area is 84.4 Å². The summed E-state index contributed by atoms with van der Waals surface area (Å²) in [5, 5.41) is 0. The first kappa shape index (κ1) is 12.6. The molecule has 0 atom stereocenters. The molecule has 0 spiro atoms. The van der Waals surface area contributed by atoms with Crippen molar-refractivity contribution < 1.29 is 35.5 Å². The second-order valence-electron chi connectivity index (χ2n) is 2.66. The van der Waals surface area contributed by atoms with Gasteiger partial charge >= 0.3 is 6.36 Å². The van der Waals surface area contributed by atoms with Gasteiger partial charge in [0.1, 0.15) is 0 Å². The molecule has 0 aromatic heterocycles. The molecule has 1 nitrogen and oxygen atoms in total. The molecular formula is C8H3F7O. The summed E-state index contributed by atoms with van der Waals surface area (Å²) >= 11 is 0. The van der Waals surface area contributed by atoms with Crippen molar-refractivity contribution in [2.24, 2.45) is 0 Å². The van der Waals surface area contributed by atoms with Crippen LogP contribution in [0.4, 0.5) is 30.7 Å². The largest absolute Gasteiger partial charge is 0.573 e. The minimum atomic E-state index is -5.30. The highest BCUT2D eigenvalue weighted by Crippen LogP contribution is 2.31. The SMILES string of the molecule is Fc1cc(C(F)F)cc(F)c1OC(F)(F)F. The summed E-state index contributed by atoms with van der Waals surface area (Å²) < 4.78 is 87.6. The van der Waals surface area contributed by atoms with Crippen LogP contribution in [0.1, 0.15) is 12.0 Å². The molecule has 1 rings (SSSR count). The molecule has 0 aliphatic carbocycles. The van der Waals surface area contributed by atoms with E-state index in [0.717, 1.165) is 0 Å². The number of halogens is 7. The van der Waals surface area contributed by atoms with Gasteiger partial charge in [-0.2, -0.15) is 0 Å². The molecule has 1 aromatic rings. The molecule has 16 heavy (non-hydrogen) atoms. The van der Waals surface area contributed by atoms with E-state index in [2.05, 4.69) is 4.74 Å². The normalized spacial score (nSPS) is 12.0. The van der Waals surface area contributed by atoms with Crippen molar-refractivity contribution >= 4 is 0 Å². The fourth-order valence-electron chi connectivity index (χ4n) is 0.919. The van der Waals surface area contributed by atoms with Gasteiger partial charge in [0.25, 0.3) is 6.43 Å². The maximum Gasteiger partial charge on any atom is 0.573 e. The Hall–Kier alpha value is -1.47. The summed E-state index contributed by atoms with van der Waals surface area (Å²) in [7, 11) is 0. The summed E-state index contributed by atoms with van der Waals surface area (Å²) in [6, 6.07) is 0.156. The highest BCUT2D eigenvalue weighted by Gasteiger charge is 2.34. The molecule has 0 amide bonds. The molecule has 0 fully saturated rings. The van der Waals surface area contributed by atoms with Crippen LogP contribution >= 0.6 is 0 Å². The first-order valence-electron chi connectivity index (χ1n) is 3.73. The Kier molecular flexibility index (Phi) is 3.30. The monoisotopic (exact) mass is 248 g/mol. The Morgan fingerprint density at radius 1 is 1.00 bits per heavy atom. The number of benzene rings is 1. The van der Waals surface area contributed by atoms with E-state index in [1.165, 1.54) is 0 Å². The molecule has 0 saturated heterocycles. The van der Waals surface area contributed by atoms with Crippen molar-refractivity contribution in [3.63, 3.8) is 0 Å². The van der Waals surface area contributed by atoms with Crippen LogP contribution in [0, 0.1) is 11.6 Å². The fraction of sp³-hybridized carbons (Fsp3) is 0.250. The van der Waals surface area contributed by atoms with Crippen molar-refractivity contribution in [3.8, 4) is 5.75 Å². The van der Waals surface area contributed by atoms with Crippen molar-refractivity contribution in [2.45, 2.75) is 12.8 Å². The lowest BCUT2D eigenvalue weighted by Gasteiger charge is -2.11. The van der Waals surface area contributed by atoms with Gasteiger partial charge < -0.3 is 4.74 Å². The number of hydrogen-bond donors (Lipinski definition) is 0. The molecule has 1 aromatic carbocycles. The van der Waals surface area contributed by atoms with E-state index in [4.69, 9.17) is 0 Å². The van der Waals surface area contributed by atoms with E-state index in [1.807, 2.05) is 0 Å². The number of hydrogen-bond acceptors (Lipinski definition) is 1. The number of alkyl halides is 5. The van der Waals surface area contributed by atoms with Gasteiger partial charge in [-0.3, -0.25) is 0 Å². The molecule has 0 aliphatic rings. The summed E-state index contributed by atoms with van der Waals surface area (Å²) in [4.78, 5) is 0. The zero-order valence-electron chi connectivity index (χ0n) is 7.29. The Morgan fingerprint density at radius 3 is 1.75 bits per heavy atom. The van der Waals surface area contributed by atoms with Crippen LogP contribution < -0.4 is 4.74 Å². The Bertz CT molecular complexity index is 361. The van der Waals surface area contributed by atoms with Crippen molar-refractivity contribution in [1.82, 2.24) is 0 Å². The van der Waals surface area contributed by atoms with Crippen molar-refractivity contribution in [1.29, 1.82) is 0 Å². The average Bonchev–Trinajstić information content (AvgIpc) is 2.09. The standard InChI is InChI=1S/C8H3F7O/c9-4-1-3(7(11)12)2-5(10)6(4)16-8(13,14)15/h1-2,7H. The van der Waals surface area contributed by atoms with Crippen LogP contribution in [0.25, 0.3) is 0 Å². The van der Waals surface area contributed by atoms with Crippen molar-refractivity contribution in [3.05, 3.63) is 29.3 Å². The third-order valence-electron chi connectivity index (χ3n) is 1.49. The van der Waals surface area contributed by atoms with Gasteiger partial charge in [0.05, 0.1) is 0 Å². The smallest absolute Gasteiger partial charge is 0.399 e. The molecule has 0 unspecified atom stereocenters. The lowest BCUT2D eigenvalue weighted by atomic mass is 10.2. The van der Waals surface area contributed by atoms with E-state index >= 15 is 0 Å². The van der Waals surface area contributed by atoms with Crippen molar-refractivity contribution in [2.75, 3.05) is 0 Å². The van der Waals surface area contributed by atoms with Crippen LogP contribution in [0.2, 0.25) is 0 Å². The third kappa shape index (κ3) is 3.01. The van der Waals surface area contributed by atoms with Gasteiger partial charge in [0.15, 0.2) is 11.6 Å². The maximum absolute atomic E-state index is 12.8. The molecule has 0 aliphatic heterocycles. The molecule has 0 saturated carbocycles. The molecule has 90 valence electrons. The summed E-state index contributed by atoms with van der Waals surface area (Å²) in [6.45, 7) is 0. The highest BCUT2D eigenvalue weighted by atomic mass is 19.4. The van der Waals surface area contributed by atoms with E-state index in [9.17, 15) is 30.7 Å². The fourth-order valence-corrected chi connectivity index (χ4v) is 0.919. The predicted octanol–water partition coefficient (Wildman–Crippen LogP) is 3.80. The number of rotatable bonds is 2. The van der Waals surface area contributed by atoms with Gasteiger partial charge in [0.2, 0.25) is 5.75 Å². The second kappa shape index (κ2) is 4.18. The minimum Gasteiger partial charge on any atom is -0.399 e.